The number of carbonyl (C=O) groups is 1. The predicted octanol–water partition coefficient (Wildman–Crippen LogP) is 5.64. The Bertz CT molecular complexity index is 1140. The zero-order valence-corrected chi connectivity index (χ0v) is 18.4. The van der Waals surface area contributed by atoms with Crippen molar-refractivity contribution in [1.82, 2.24) is 14.7 Å². The summed E-state index contributed by atoms with van der Waals surface area (Å²) in [5.41, 5.74) is 3.76. The average Bonchev–Trinajstić information content (AvgIpc) is 3.26. The van der Waals surface area contributed by atoms with Gasteiger partial charge >= 0.3 is 0 Å². The van der Waals surface area contributed by atoms with Crippen molar-refractivity contribution in [2.75, 3.05) is 6.54 Å². The maximum Gasteiger partial charge on any atom is 0.266 e. The smallest absolute Gasteiger partial charge is 0.266 e. The molecule has 1 aromatic heterocycles. The Morgan fingerprint density at radius 2 is 1.87 bits per heavy atom. The zero-order valence-electron chi connectivity index (χ0n) is 16.0. The van der Waals surface area contributed by atoms with Crippen LogP contribution in [0.1, 0.15) is 11.1 Å². The minimum absolute atomic E-state index is 0.102. The van der Waals surface area contributed by atoms with E-state index in [-0.39, 0.29) is 5.91 Å². The summed E-state index contributed by atoms with van der Waals surface area (Å²) < 4.78 is 2.42. The lowest BCUT2D eigenvalue weighted by atomic mass is 10.1. The molecule has 0 saturated carbocycles. The van der Waals surface area contributed by atoms with E-state index in [2.05, 4.69) is 6.58 Å². The molecule has 7 heteroatoms. The number of hydrogen-bond acceptors (Lipinski definition) is 4. The third-order valence-corrected chi connectivity index (χ3v) is 6.20. The lowest BCUT2D eigenvalue weighted by Gasteiger charge is -2.10. The summed E-state index contributed by atoms with van der Waals surface area (Å²) >= 11 is 12.7. The first-order chi connectivity index (χ1) is 14.5. The highest BCUT2D eigenvalue weighted by atomic mass is 35.5. The Hall–Kier alpha value is -2.67. The van der Waals surface area contributed by atoms with Crippen LogP contribution in [0.15, 0.2) is 78.4 Å². The Kier molecular flexibility index (Phi) is 6.18. The molecule has 1 fully saturated rings. The maximum absolute atomic E-state index is 12.7. The fraction of sp³-hybridized carbons (Fsp3) is 0.0870. The Balaban J connectivity index is 1.72. The Morgan fingerprint density at radius 1 is 1.13 bits per heavy atom. The van der Waals surface area contributed by atoms with Gasteiger partial charge in [-0.15, -0.1) is 6.58 Å². The number of benzene rings is 2. The first kappa shape index (κ1) is 20.6. The number of hydrogen-bond donors (Lipinski definition) is 0. The van der Waals surface area contributed by atoms with Crippen LogP contribution in [0, 0.1) is 0 Å². The van der Waals surface area contributed by atoms with Crippen LogP contribution in [0.25, 0.3) is 17.3 Å². The second-order valence-electron chi connectivity index (χ2n) is 6.70. The Morgan fingerprint density at radius 3 is 2.57 bits per heavy atom. The quantitative estimate of drug-likeness (QED) is 0.276. The van der Waals surface area contributed by atoms with Crippen LogP contribution < -0.4 is 0 Å². The number of thioether (sulfide) groups is 1. The van der Waals surface area contributed by atoms with E-state index in [0.29, 0.717) is 27.3 Å². The molecule has 150 valence electrons. The summed E-state index contributed by atoms with van der Waals surface area (Å²) in [5.74, 6) is -0.102. The molecule has 2 heterocycles. The SMILES string of the molecule is C=CCN1C(=O)C(=Cc2cn(Cc3ccc(Cl)cc3)nc2-c2ccccc2)SC1=S. The van der Waals surface area contributed by atoms with Gasteiger partial charge in [-0.1, -0.05) is 84.1 Å². The zero-order chi connectivity index (χ0) is 21.1. The number of aromatic nitrogens is 2. The molecule has 3 aromatic rings. The standard InChI is InChI=1S/C23H18ClN3OS2/c1-2-12-27-22(28)20(30-23(27)29)13-18-15-26(14-16-8-10-19(24)11-9-16)25-21(18)17-6-4-3-5-7-17/h2-11,13,15H,1,12,14H2. The highest BCUT2D eigenvalue weighted by Gasteiger charge is 2.31. The topological polar surface area (TPSA) is 38.1 Å². The van der Waals surface area contributed by atoms with Crippen molar-refractivity contribution in [2.24, 2.45) is 0 Å². The summed E-state index contributed by atoms with van der Waals surface area (Å²) in [6.07, 6.45) is 5.50. The van der Waals surface area contributed by atoms with Crippen LogP contribution in [0.5, 0.6) is 0 Å². The number of rotatable bonds is 6. The van der Waals surface area contributed by atoms with E-state index in [0.717, 1.165) is 22.4 Å². The molecule has 1 aliphatic rings. The van der Waals surface area contributed by atoms with Gasteiger partial charge in [-0.2, -0.15) is 5.10 Å². The molecule has 0 spiro atoms. The number of amides is 1. The van der Waals surface area contributed by atoms with E-state index in [1.54, 1.807) is 11.0 Å². The molecule has 2 aromatic carbocycles. The normalized spacial score (nSPS) is 15.2. The van der Waals surface area contributed by atoms with E-state index in [4.69, 9.17) is 28.9 Å². The molecule has 4 rings (SSSR count). The lowest BCUT2D eigenvalue weighted by molar-refractivity contribution is -0.121. The van der Waals surface area contributed by atoms with Crippen LogP contribution in [0.4, 0.5) is 0 Å². The molecule has 0 bridgehead atoms. The molecule has 1 saturated heterocycles. The van der Waals surface area contributed by atoms with Crippen LogP contribution in [0.2, 0.25) is 5.02 Å². The van der Waals surface area contributed by atoms with Crippen LogP contribution in [-0.4, -0.2) is 31.5 Å². The number of thiocarbonyl (C=S) groups is 1. The largest absolute Gasteiger partial charge is 0.289 e. The van der Waals surface area contributed by atoms with Gasteiger partial charge in [0.25, 0.3) is 5.91 Å². The van der Waals surface area contributed by atoms with Crippen molar-refractivity contribution in [1.29, 1.82) is 0 Å². The summed E-state index contributed by atoms with van der Waals surface area (Å²) in [5, 5.41) is 5.50. The Labute approximate surface area is 189 Å². The monoisotopic (exact) mass is 451 g/mol. The van der Waals surface area contributed by atoms with Gasteiger partial charge in [0.1, 0.15) is 4.32 Å². The molecule has 0 atom stereocenters. The third-order valence-electron chi connectivity index (χ3n) is 4.57. The van der Waals surface area contributed by atoms with Crippen molar-refractivity contribution < 1.29 is 4.79 Å². The molecule has 4 nitrogen and oxygen atoms in total. The van der Waals surface area contributed by atoms with Crippen LogP contribution in [0.3, 0.4) is 0 Å². The highest BCUT2D eigenvalue weighted by Crippen LogP contribution is 2.34. The highest BCUT2D eigenvalue weighted by molar-refractivity contribution is 8.26. The van der Waals surface area contributed by atoms with Gasteiger partial charge in [0.15, 0.2) is 0 Å². The second kappa shape index (κ2) is 9.00. The number of halogens is 1. The fourth-order valence-corrected chi connectivity index (χ4v) is 4.54. The second-order valence-corrected chi connectivity index (χ2v) is 8.82. The van der Waals surface area contributed by atoms with E-state index in [1.165, 1.54) is 11.8 Å². The van der Waals surface area contributed by atoms with E-state index < -0.39 is 0 Å². The van der Waals surface area contributed by atoms with Crippen molar-refractivity contribution >= 4 is 51.9 Å². The van der Waals surface area contributed by atoms with Gasteiger partial charge in [0, 0.05) is 28.9 Å². The van der Waals surface area contributed by atoms with Gasteiger partial charge in [0.05, 0.1) is 17.1 Å². The number of nitrogens with zero attached hydrogens (tertiary/aromatic N) is 3. The molecule has 1 aliphatic heterocycles. The van der Waals surface area contributed by atoms with Gasteiger partial charge < -0.3 is 0 Å². The molecule has 0 radical (unpaired) electrons. The number of carbonyl (C=O) groups excluding carboxylic acids is 1. The average molecular weight is 452 g/mol. The fourth-order valence-electron chi connectivity index (χ4n) is 3.15. The minimum atomic E-state index is -0.102. The van der Waals surface area contributed by atoms with E-state index in [9.17, 15) is 4.79 Å². The molecule has 0 N–H and O–H groups in total. The lowest BCUT2D eigenvalue weighted by Crippen LogP contribution is -2.27. The molecule has 0 aliphatic carbocycles. The van der Waals surface area contributed by atoms with Gasteiger partial charge in [0.2, 0.25) is 0 Å². The minimum Gasteiger partial charge on any atom is -0.289 e. The van der Waals surface area contributed by atoms with Crippen molar-refractivity contribution in [3.63, 3.8) is 0 Å². The van der Waals surface area contributed by atoms with Crippen molar-refractivity contribution in [3.05, 3.63) is 94.5 Å². The van der Waals surface area contributed by atoms with Crippen LogP contribution in [-0.2, 0) is 11.3 Å². The van der Waals surface area contributed by atoms with E-state index >= 15 is 0 Å². The summed E-state index contributed by atoms with van der Waals surface area (Å²) in [6, 6.07) is 17.6. The maximum atomic E-state index is 12.7. The predicted molar refractivity (Wildman–Crippen MR) is 128 cm³/mol. The summed E-state index contributed by atoms with van der Waals surface area (Å²) in [4.78, 5) is 14.9. The van der Waals surface area contributed by atoms with Crippen molar-refractivity contribution in [3.8, 4) is 11.3 Å². The van der Waals surface area contributed by atoms with Gasteiger partial charge in [-0.25, -0.2) is 0 Å². The van der Waals surface area contributed by atoms with E-state index in [1.807, 2.05) is 71.6 Å². The van der Waals surface area contributed by atoms with Crippen LogP contribution >= 0.6 is 35.6 Å². The third kappa shape index (κ3) is 4.41. The van der Waals surface area contributed by atoms with Gasteiger partial charge in [-0.3, -0.25) is 14.4 Å². The molecule has 30 heavy (non-hydrogen) atoms. The summed E-state index contributed by atoms with van der Waals surface area (Å²) in [7, 11) is 0. The first-order valence-corrected chi connectivity index (χ1v) is 10.9. The molecule has 0 unspecified atom stereocenters. The first-order valence-electron chi connectivity index (χ1n) is 9.29. The molecular weight excluding hydrogens is 434 g/mol. The molecule has 1 amide bonds. The summed E-state index contributed by atoms with van der Waals surface area (Å²) in [6.45, 7) is 4.71. The van der Waals surface area contributed by atoms with Crippen molar-refractivity contribution in [2.45, 2.75) is 6.54 Å². The van der Waals surface area contributed by atoms with Gasteiger partial charge in [-0.05, 0) is 23.8 Å². The molecular formula is C23H18ClN3OS2.